The molecule has 0 spiro atoms. The van der Waals surface area contributed by atoms with Crippen LogP contribution in [0.15, 0.2) is 12.1 Å². The Kier molecular flexibility index (Phi) is 3.58. The van der Waals surface area contributed by atoms with Gasteiger partial charge in [-0.25, -0.2) is 4.98 Å². The van der Waals surface area contributed by atoms with Crippen LogP contribution in [0.1, 0.15) is 9.67 Å². The summed E-state index contributed by atoms with van der Waals surface area (Å²) in [6, 6.07) is 4.01. The number of hydrogen-bond donors (Lipinski definition) is 0. The Morgan fingerprint density at radius 2 is 2.10 bits per heavy atom. The average Bonchev–Trinajstić information content (AvgIpc) is 2.89. The molecule has 2 aromatic rings. The van der Waals surface area contributed by atoms with E-state index in [2.05, 4.69) is 15.9 Å². The zero-order valence-corrected chi connectivity index (χ0v) is 12.4. The highest BCUT2D eigenvalue weighted by Gasteiger charge is 2.17. The highest BCUT2D eigenvalue weighted by molar-refractivity contribution is 7.20. The topological polar surface area (TPSA) is 45.7 Å². The molecule has 6 heteroatoms. The molecule has 1 aliphatic heterocycles. The number of thiophene rings is 1. The van der Waals surface area contributed by atoms with Crippen molar-refractivity contribution in [1.29, 1.82) is 0 Å². The van der Waals surface area contributed by atoms with Crippen molar-refractivity contribution in [3.8, 4) is 0 Å². The van der Waals surface area contributed by atoms with E-state index in [1.54, 1.807) is 0 Å². The Morgan fingerprint density at radius 3 is 2.75 bits per heavy atom. The Bertz CT molecular complexity index is 633. The molecule has 0 aromatic carbocycles. The fraction of sp³-hybridized carbons (Fsp3) is 0.429. The van der Waals surface area contributed by atoms with Gasteiger partial charge in [0.15, 0.2) is 6.29 Å². The molecule has 0 aliphatic carbocycles. The minimum atomic E-state index is 0.717. The van der Waals surface area contributed by atoms with E-state index in [0.717, 1.165) is 59.2 Å². The summed E-state index contributed by atoms with van der Waals surface area (Å²) in [6.07, 6.45) is 0.889. The summed E-state index contributed by atoms with van der Waals surface area (Å²) in [5, 5.41) is 1.04. The lowest BCUT2D eigenvalue weighted by Crippen LogP contribution is -2.36. The van der Waals surface area contributed by atoms with E-state index >= 15 is 0 Å². The summed E-state index contributed by atoms with van der Waals surface area (Å²) in [7, 11) is 4.02. The predicted octanol–water partition coefficient (Wildman–Crippen LogP) is 2.01. The molecule has 3 heterocycles. The summed E-state index contributed by atoms with van der Waals surface area (Å²) in [5.41, 5.74) is 1.10. The number of hydrogen-bond acceptors (Lipinski definition) is 6. The smallest absolute Gasteiger partial charge is 0.160 e. The van der Waals surface area contributed by atoms with Gasteiger partial charge in [0, 0.05) is 38.6 Å². The Labute approximate surface area is 121 Å². The van der Waals surface area contributed by atoms with Gasteiger partial charge in [0.2, 0.25) is 0 Å². The Hall–Kier alpha value is -1.66. The monoisotopic (exact) mass is 291 g/mol. The second kappa shape index (κ2) is 5.38. The summed E-state index contributed by atoms with van der Waals surface area (Å²) < 4.78 is 5.38. The van der Waals surface area contributed by atoms with Crippen LogP contribution in [0, 0.1) is 0 Å². The number of ether oxygens (including phenoxy) is 1. The van der Waals surface area contributed by atoms with Crippen LogP contribution in [0.4, 0.5) is 11.5 Å². The third-order valence-electron chi connectivity index (χ3n) is 3.42. The number of fused-ring (bicyclic) bond motifs is 1. The minimum Gasteiger partial charge on any atom is -0.378 e. The fourth-order valence-electron chi connectivity index (χ4n) is 2.39. The SMILES string of the molecule is CN(C)c1cc(N2CCOCC2)nc2sc(C=O)cc12. The van der Waals surface area contributed by atoms with Crippen LogP contribution in [-0.4, -0.2) is 51.7 Å². The van der Waals surface area contributed by atoms with Crippen LogP contribution in [0.5, 0.6) is 0 Å². The van der Waals surface area contributed by atoms with Crippen molar-refractivity contribution < 1.29 is 9.53 Å². The number of carbonyl (C=O) groups is 1. The number of pyridine rings is 1. The number of anilines is 2. The van der Waals surface area contributed by atoms with Gasteiger partial charge in [0.05, 0.1) is 23.8 Å². The molecular weight excluding hydrogens is 274 g/mol. The fourth-order valence-corrected chi connectivity index (χ4v) is 3.25. The average molecular weight is 291 g/mol. The maximum atomic E-state index is 11.0. The van der Waals surface area contributed by atoms with Crippen LogP contribution in [0.3, 0.4) is 0 Å². The molecule has 1 saturated heterocycles. The van der Waals surface area contributed by atoms with E-state index in [1.165, 1.54) is 11.3 Å². The second-order valence-electron chi connectivity index (χ2n) is 4.98. The van der Waals surface area contributed by atoms with Gasteiger partial charge in [-0.15, -0.1) is 11.3 Å². The molecule has 106 valence electrons. The first-order valence-corrected chi connectivity index (χ1v) is 7.40. The number of aromatic nitrogens is 1. The van der Waals surface area contributed by atoms with Gasteiger partial charge in [-0.05, 0) is 6.07 Å². The number of carbonyl (C=O) groups excluding carboxylic acids is 1. The van der Waals surface area contributed by atoms with Gasteiger partial charge in [0.25, 0.3) is 0 Å². The number of aldehydes is 1. The van der Waals surface area contributed by atoms with E-state index in [9.17, 15) is 4.79 Å². The maximum absolute atomic E-state index is 11.0. The molecule has 0 saturated carbocycles. The van der Waals surface area contributed by atoms with Gasteiger partial charge in [-0.1, -0.05) is 0 Å². The van der Waals surface area contributed by atoms with E-state index in [1.807, 2.05) is 20.2 Å². The van der Waals surface area contributed by atoms with Crippen molar-refractivity contribution in [2.45, 2.75) is 0 Å². The largest absolute Gasteiger partial charge is 0.378 e. The van der Waals surface area contributed by atoms with Crippen molar-refractivity contribution in [1.82, 2.24) is 4.98 Å². The molecule has 0 amide bonds. The molecule has 0 unspecified atom stereocenters. The lowest BCUT2D eigenvalue weighted by molar-refractivity contribution is 0.112. The van der Waals surface area contributed by atoms with Crippen LogP contribution in [0.25, 0.3) is 10.2 Å². The molecule has 1 fully saturated rings. The first kappa shape index (κ1) is 13.3. The number of rotatable bonds is 3. The normalized spacial score (nSPS) is 15.6. The third kappa shape index (κ3) is 2.36. The van der Waals surface area contributed by atoms with Crippen molar-refractivity contribution in [2.24, 2.45) is 0 Å². The van der Waals surface area contributed by atoms with E-state index < -0.39 is 0 Å². The van der Waals surface area contributed by atoms with Crippen LogP contribution < -0.4 is 9.80 Å². The van der Waals surface area contributed by atoms with Crippen molar-refractivity contribution in [3.05, 3.63) is 17.0 Å². The van der Waals surface area contributed by atoms with Crippen molar-refractivity contribution in [2.75, 3.05) is 50.2 Å². The first-order chi connectivity index (χ1) is 9.69. The molecule has 0 atom stereocenters. The molecule has 2 aromatic heterocycles. The summed E-state index contributed by atoms with van der Waals surface area (Å²) in [5.74, 6) is 0.962. The lowest BCUT2D eigenvalue weighted by Gasteiger charge is -2.28. The highest BCUT2D eigenvalue weighted by atomic mass is 32.1. The quantitative estimate of drug-likeness (QED) is 0.810. The van der Waals surface area contributed by atoms with Crippen molar-refractivity contribution >= 4 is 39.3 Å². The third-order valence-corrected chi connectivity index (χ3v) is 4.38. The van der Waals surface area contributed by atoms with Crippen LogP contribution in [-0.2, 0) is 4.74 Å². The lowest BCUT2D eigenvalue weighted by atomic mass is 10.2. The van der Waals surface area contributed by atoms with Crippen molar-refractivity contribution in [3.63, 3.8) is 0 Å². The molecule has 3 rings (SSSR count). The zero-order chi connectivity index (χ0) is 14.1. The van der Waals surface area contributed by atoms with Gasteiger partial charge >= 0.3 is 0 Å². The molecule has 0 N–H and O–H groups in total. The molecule has 1 aliphatic rings. The summed E-state index contributed by atoms with van der Waals surface area (Å²) >= 11 is 1.44. The maximum Gasteiger partial charge on any atom is 0.160 e. The summed E-state index contributed by atoms with van der Waals surface area (Å²) in [6.45, 7) is 3.19. The van der Waals surface area contributed by atoms with Gasteiger partial charge in [-0.2, -0.15) is 0 Å². The Morgan fingerprint density at radius 1 is 1.35 bits per heavy atom. The minimum absolute atomic E-state index is 0.717. The van der Waals surface area contributed by atoms with E-state index in [-0.39, 0.29) is 0 Å². The molecule has 20 heavy (non-hydrogen) atoms. The van der Waals surface area contributed by atoms with Gasteiger partial charge in [0.1, 0.15) is 10.6 Å². The van der Waals surface area contributed by atoms with Gasteiger partial charge < -0.3 is 14.5 Å². The van der Waals surface area contributed by atoms with Gasteiger partial charge in [-0.3, -0.25) is 4.79 Å². The zero-order valence-electron chi connectivity index (χ0n) is 11.6. The molecular formula is C14H17N3O2S. The molecule has 5 nitrogen and oxygen atoms in total. The highest BCUT2D eigenvalue weighted by Crippen LogP contribution is 2.34. The second-order valence-corrected chi connectivity index (χ2v) is 6.04. The van der Waals surface area contributed by atoms with E-state index in [4.69, 9.17) is 9.72 Å². The Balaban J connectivity index is 2.11. The van der Waals surface area contributed by atoms with Crippen LogP contribution in [0.2, 0.25) is 0 Å². The number of nitrogens with zero attached hydrogens (tertiary/aromatic N) is 3. The molecule has 0 bridgehead atoms. The summed E-state index contributed by atoms with van der Waals surface area (Å²) in [4.78, 5) is 21.6. The standard InChI is InChI=1S/C14H17N3O2S/c1-16(2)12-8-13(17-3-5-19-6-4-17)15-14-11(12)7-10(9-18)20-14/h7-9H,3-6H2,1-2H3. The first-order valence-electron chi connectivity index (χ1n) is 6.59. The van der Waals surface area contributed by atoms with Crippen LogP contribution >= 0.6 is 11.3 Å². The number of morpholine rings is 1. The predicted molar refractivity (Wildman–Crippen MR) is 82.4 cm³/mol. The molecule has 0 radical (unpaired) electrons. The van der Waals surface area contributed by atoms with E-state index in [0.29, 0.717) is 0 Å².